The number of unbranched alkanes of at least 4 members (excludes halogenated alkanes) is 1. The van der Waals surface area contributed by atoms with Crippen molar-refractivity contribution < 1.29 is 4.79 Å². The van der Waals surface area contributed by atoms with E-state index in [2.05, 4.69) is 15.3 Å². The molecule has 0 aliphatic carbocycles. The predicted octanol–water partition coefficient (Wildman–Crippen LogP) is 0.851. The first-order chi connectivity index (χ1) is 9.66. The van der Waals surface area contributed by atoms with Crippen LogP contribution in [0.1, 0.15) is 23.2 Å². The lowest BCUT2D eigenvalue weighted by molar-refractivity contribution is 0.100. The van der Waals surface area contributed by atoms with E-state index in [-0.39, 0.29) is 0 Å². The Hall–Kier alpha value is -2.57. The highest BCUT2D eigenvalue weighted by atomic mass is 16.1. The van der Waals surface area contributed by atoms with Gasteiger partial charge in [-0.25, -0.2) is 9.97 Å². The summed E-state index contributed by atoms with van der Waals surface area (Å²) < 4.78 is 2.03. The average Bonchev–Trinajstić information content (AvgIpc) is 2.93. The van der Waals surface area contributed by atoms with Crippen LogP contribution in [0.4, 0.5) is 11.5 Å². The molecule has 0 bridgehead atoms. The predicted molar refractivity (Wildman–Crippen MR) is 77.1 cm³/mol. The number of rotatable bonds is 7. The number of nitrogens with two attached hydrogens (primary N) is 2. The van der Waals surface area contributed by atoms with E-state index in [4.69, 9.17) is 11.5 Å². The zero-order chi connectivity index (χ0) is 14.4. The molecular formula is C13H18N6O. The van der Waals surface area contributed by atoms with E-state index in [1.807, 2.05) is 10.8 Å². The van der Waals surface area contributed by atoms with Gasteiger partial charge in [0, 0.05) is 25.5 Å². The van der Waals surface area contributed by atoms with Gasteiger partial charge in [-0.2, -0.15) is 0 Å². The number of imidazole rings is 1. The average molecular weight is 274 g/mol. The van der Waals surface area contributed by atoms with Crippen LogP contribution in [0.5, 0.6) is 0 Å². The number of aromatic nitrogens is 3. The summed E-state index contributed by atoms with van der Waals surface area (Å²) in [6.07, 6.45) is 8.95. The minimum Gasteiger partial charge on any atom is -0.397 e. The second kappa shape index (κ2) is 6.55. The first-order valence-electron chi connectivity index (χ1n) is 6.42. The number of hydrogen-bond donors (Lipinski definition) is 3. The number of carbonyl (C=O) groups excluding carboxylic acids is 1. The third-order valence-electron chi connectivity index (χ3n) is 2.91. The van der Waals surface area contributed by atoms with Gasteiger partial charge < -0.3 is 21.4 Å². The van der Waals surface area contributed by atoms with Gasteiger partial charge in [0.15, 0.2) is 0 Å². The fourth-order valence-electron chi connectivity index (χ4n) is 1.83. The van der Waals surface area contributed by atoms with Crippen molar-refractivity contribution in [2.45, 2.75) is 19.4 Å². The standard InChI is InChI=1S/C13H18N6O/c14-11-8-18-12(7-10(11)13(15)20)17-3-1-2-5-19-6-4-16-9-19/h4,6-9H,1-3,5,14H2,(H2,15,20)(H,17,18). The van der Waals surface area contributed by atoms with Gasteiger partial charge in [-0.1, -0.05) is 0 Å². The highest BCUT2D eigenvalue weighted by Crippen LogP contribution is 2.14. The van der Waals surface area contributed by atoms with Crippen LogP contribution in [-0.4, -0.2) is 27.0 Å². The summed E-state index contributed by atoms with van der Waals surface area (Å²) in [6, 6.07) is 1.58. The molecule has 5 N–H and O–H groups in total. The minimum atomic E-state index is -0.548. The smallest absolute Gasteiger partial charge is 0.250 e. The number of nitrogens with zero attached hydrogens (tertiary/aromatic N) is 3. The topological polar surface area (TPSA) is 112 Å². The molecule has 20 heavy (non-hydrogen) atoms. The highest BCUT2D eigenvalue weighted by Gasteiger charge is 2.07. The molecule has 106 valence electrons. The van der Waals surface area contributed by atoms with Crippen LogP contribution < -0.4 is 16.8 Å². The van der Waals surface area contributed by atoms with E-state index in [1.165, 1.54) is 6.20 Å². The Kier molecular flexibility index (Phi) is 4.54. The Balaban J connectivity index is 1.76. The first-order valence-corrected chi connectivity index (χ1v) is 6.42. The quantitative estimate of drug-likeness (QED) is 0.648. The van der Waals surface area contributed by atoms with Crippen molar-refractivity contribution in [1.29, 1.82) is 0 Å². The summed E-state index contributed by atoms with van der Waals surface area (Å²) >= 11 is 0. The van der Waals surface area contributed by atoms with Crippen LogP contribution in [0.15, 0.2) is 31.0 Å². The normalized spacial score (nSPS) is 10.4. The molecule has 7 heteroatoms. The summed E-state index contributed by atoms with van der Waals surface area (Å²) in [6.45, 7) is 1.70. The lowest BCUT2D eigenvalue weighted by Gasteiger charge is -2.08. The van der Waals surface area contributed by atoms with Gasteiger partial charge in [-0.05, 0) is 18.9 Å². The molecule has 2 rings (SSSR count). The summed E-state index contributed by atoms with van der Waals surface area (Å²) in [4.78, 5) is 19.3. The van der Waals surface area contributed by atoms with E-state index in [9.17, 15) is 4.79 Å². The monoisotopic (exact) mass is 274 g/mol. The van der Waals surface area contributed by atoms with Crippen molar-refractivity contribution >= 4 is 17.4 Å². The first kappa shape index (κ1) is 13.9. The van der Waals surface area contributed by atoms with Crippen molar-refractivity contribution in [3.63, 3.8) is 0 Å². The Morgan fingerprint density at radius 1 is 1.40 bits per heavy atom. The zero-order valence-electron chi connectivity index (χ0n) is 11.1. The van der Waals surface area contributed by atoms with E-state index in [0.717, 1.165) is 25.9 Å². The number of hydrogen-bond acceptors (Lipinski definition) is 5. The number of pyridine rings is 1. The number of anilines is 2. The SMILES string of the molecule is NC(=O)c1cc(NCCCCn2ccnc2)ncc1N. The van der Waals surface area contributed by atoms with E-state index in [0.29, 0.717) is 17.1 Å². The number of amides is 1. The van der Waals surface area contributed by atoms with Crippen molar-refractivity contribution in [1.82, 2.24) is 14.5 Å². The van der Waals surface area contributed by atoms with Crippen LogP contribution in [0.25, 0.3) is 0 Å². The molecule has 0 saturated carbocycles. The molecule has 0 unspecified atom stereocenters. The van der Waals surface area contributed by atoms with E-state index < -0.39 is 5.91 Å². The van der Waals surface area contributed by atoms with Gasteiger partial charge in [0.25, 0.3) is 5.91 Å². The third-order valence-corrected chi connectivity index (χ3v) is 2.91. The molecule has 0 aliphatic rings. The molecular weight excluding hydrogens is 256 g/mol. The van der Waals surface area contributed by atoms with Crippen LogP contribution in [-0.2, 0) is 6.54 Å². The second-order valence-corrected chi connectivity index (χ2v) is 4.46. The third kappa shape index (κ3) is 3.71. The maximum atomic E-state index is 11.2. The van der Waals surface area contributed by atoms with Crippen molar-refractivity contribution in [3.8, 4) is 0 Å². The molecule has 2 aromatic rings. The van der Waals surface area contributed by atoms with E-state index >= 15 is 0 Å². The molecule has 0 atom stereocenters. The fraction of sp³-hybridized carbons (Fsp3) is 0.308. The molecule has 0 fully saturated rings. The number of carbonyl (C=O) groups is 1. The number of nitrogens with one attached hydrogen (secondary N) is 1. The molecule has 2 heterocycles. The minimum absolute atomic E-state index is 0.293. The molecule has 1 amide bonds. The maximum absolute atomic E-state index is 11.2. The largest absolute Gasteiger partial charge is 0.397 e. The van der Waals surface area contributed by atoms with Gasteiger partial charge in [0.1, 0.15) is 5.82 Å². The zero-order valence-corrected chi connectivity index (χ0v) is 11.1. The van der Waals surface area contributed by atoms with Crippen LogP contribution in [0.2, 0.25) is 0 Å². The van der Waals surface area contributed by atoms with Gasteiger partial charge in [-0.3, -0.25) is 4.79 Å². The van der Waals surface area contributed by atoms with Gasteiger partial charge >= 0.3 is 0 Å². The second-order valence-electron chi connectivity index (χ2n) is 4.46. The molecule has 0 spiro atoms. The Morgan fingerprint density at radius 3 is 2.95 bits per heavy atom. The molecule has 0 saturated heterocycles. The summed E-state index contributed by atoms with van der Waals surface area (Å²) in [7, 11) is 0. The maximum Gasteiger partial charge on any atom is 0.250 e. The number of nitrogen functional groups attached to an aromatic ring is 1. The fourth-order valence-corrected chi connectivity index (χ4v) is 1.83. The summed E-state index contributed by atoms with van der Waals surface area (Å²) in [5, 5.41) is 3.15. The number of primary amides is 1. The molecule has 0 aliphatic heterocycles. The Bertz CT molecular complexity index is 566. The molecule has 2 aromatic heterocycles. The van der Waals surface area contributed by atoms with Crippen LogP contribution in [0, 0.1) is 0 Å². The Labute approximate surface area is 117 Å². The van der Waals surface area contributed by atoms with Crippen LogP contribution in [0.3, 0.4) is 0 Å². The van der Waals surface area contributed by atoms with Gasteiger partial charge in [0.2, 0.25) is 0 Å². The highest BCUT2D eigenvalue weighted by molar-refractivity contribution is 5.98. The van der Waals surface area contributed by atoms with Crippen molar-refractivity contribution in [2.24, 2.45) is 5.73 Å². The lowest BCUT2D eigenvalue weighted by Crippen LogP contribution is -2.15. The summed E-state index contributed by atoms with van der Waals surface area (Å²) in [5.74, 6) is 0.0590. The molecule has 7 nitrogen and oxygen atoms in total. The molecule has 0 radical (unpaired) electrons. The molecule has 0 aromatic carbocycles. The van der Waals surface area contributed by atoms with E-state index in [1.54, 1.807) is 18.6 Å². The van der Waals surface area contributed by atoms with Gasteiger partial charge in [0.05, 0.1) is 23.8 Å². The Morgan fingerprint density at radius 2 is 2.25 bits per heavy atom. The van der Waals surface area contributed by atoms with Crippen LogP contribution >= 0.6 is 0 Å². The lowest BCUT2D eigenvalue weighted by atomic mass is 10.2. The van der Waals surface area contributed by atoms with Crippen molar-refractivity contribution in [2.75, 3.05) is 17.6 Å². The van der Waals surface area contributed by atoms with Crippen molar-refractivity contribution in [3.05, 3.63) is 36.5 Å². The summed E-state index contributed by atoms with van der Waals surface area (Å²) in [5.41, 5.74) is 11.4. The van der Waals surface area contributed by atoms with Gasteiger partial charge in [-0.15, -0.1) is 0 Å². The number of aryl methyl sites for hydroxylation is 1.